The molecule has 1 aliphatic rings. The number of anilines is 1. The summed E-state index contributed by atoms with van der Waals surface area (Å²) in [5, 5.41) is 5.89. The van der Waals surface area contributed by atoms with Crippen LogP contribution in [0.15, 0.2) is 42.5 Å². The van der Waals surface area contributed by atoms with Crippen molar-refractivity contribution in [2.75, 3.05) is 25.6 Å². The van der Waals surface area contributed by atoms with Crippen LogP contribution in [-0.4, -0.2) is 26.4 Å². The van der Waals surface area contributed by atoms with Crippen LogP contribution in [0.25, 0.3) is 0 Å². The molecule has 0 aliphatic carbocycles. The van der Waals surface area contributed by atoms with Gasteiger partial charge in [-0.2, -0.15) is 0 Å². The Labute approximate surface area is 153 Å². The molecule has 3 rings (SSSR count). The van der Waals surface area contributed by atoms with Crippen molar-refractivity contribution >= 4 is 11.7 Å². The predicted molar refractivity (Wildman–Crippen MR) is 100 cm³/mol. The standard InChI is InChI=1S/C20H24N2O4/c1-13(2)19(14-8-9-17-18(12-14)26-11-10-25-17)22-20(23)21-15-6-4-5-7-16(15)24-3/h4-9,12-13,19H,10-11H2,1-3H3,(H2,21,22,23). The van der Waals surface area contributed by atoms with E-state index in [4.69, 9.17) is 14.2 Å². The lowest BCUT2D eigenvalue weighted by Crippen LogP contribution is -2.35. The van der Waals surface area contributed by atoms with Crippen LogP contribution in [0.5, 0.6) is 17.2 Å². The van der Waals surface area contributed by atoms with Gasteiger partial charge in [0.2, 0.25) is 0 Å². The zero-order valence-electron chi connectivity index (χ0n) is 15.2. The van der Waals surface area contributed by atoms with Gasteiger partial charge in [-0.1, -0.05) is 32.0 Å². The lowest BCUT2D eigenvalue weighted by Gasteiger charge is -2.25. The van der Waals surface area contributed by atoms with Gasteiger partial charge in [-0.05, 0) is 35.7 Å². The Bertz CT molecular complexity index is 776. The molecule has 0 bridgehead atoms. The molecule has 0 fully saturated rings. The monoisotopic (exact) mass is 356 g/mol. The third-order valence-electron chi connectivity index (χ3n) is 4.23. The molecule has 0 aromatic heterocycles. The third kappa shape index (κ3) is 4.02. The lowest BCUT2D eigenvalue weighted by atomic mass is 9.95. The van der Waals surface area contributed by atoms with Gasteiger partial charge in [-0.15, -0.1) is 0 Å². The van der Waals surface area contributed by atoms with E-state index in [9.17, 15) is 4.79 Å². The Morgan fingerprint density at radius 1 is 1.08 bits per heavy atom. The zero-order chi connectivity index (χ0) is 18.5. The van der Waals surface area contributed by atoms with E-state index >= 15 is 0 Å². The van der Waals surface area contributed by atoms with Crippen molar-refractivity contribution < 1.29 is 19.0 Å². The Kier molecular flexibility index (Phi) is 5.51. The van der Waals surface area contributed by atoms with E-state index < -0.39 is 0 Å². The summed E-state index contributed by atoms with van der Waals surface area (Å²) in [6.45, 7) is 5.21. The molecule has 26 heavy (non-hydrogen) atoms. The fraction of sp³-hybridized carbons (Fsp3) is 0.350. The van der Waals surface area contributed by atoms with Gasteiger partial charge in [0.1, 0.15) is 19.0 Å². The summed E-state index contributed by atoms with van der Waals surface area (Å²) in [6.07, 6.45) is 0. The first kappa shape index (κ1) is 17.9. The quantitative estimate of drug-likeness (QED) is 0.850. The lowest BCUT2D eigenvalue weighted by molar-refractivity contribution is 0.171. The summed E-state index contributed by atoms with van der Waals surface area (Å²) in [7, 11) is 1.57. The SMILES string of the molecule is COc1ccccc1NC(=O)NC(c1ccc2c(c1)OCCO2)C(C)C. The fourth-order valence-corrected chi connectivity index (χ4v) is 2.94. The number of nitrogens with one attached hydrogen (secondary N) is 2. The van der Waals surface area contributed by atoms with E-state index in [0.29, 0.717) is 30.4 Å². The Balaban J connectivity index is 1.75. The summed E-state index contributed by atoms with van der Waals surface area (Å²) in [4.78, 5) is 12.5. The molecule has 0 saturated carbocycles. The highest BCUT2D eigenvalue weighted by Crippen LogP contribution is 2.34. The Morgan fingerprint density at radius 2 is 1.81 bits per heavy atom. The number of para-hydroxylation sites is 2. The van der Waals surface area contributed by atoms with Crippen LogP contribution in [0, 0.1) is 5.92 Å². The highest BCUT2D eigenvalue weighted by molar-refractivity contribution is 5.91. The molecular formula is C20H24N2O4. The maximum absolute atomic E-state index is 12.5. The maximum atomic E-state index is 12.5. The van der Waals surface area contributed by atoms with Crippen LogP contribution in [0.2, 0.25) is 0 Å². The van der Waals surface area contributed by atoms with E-state index in [0.717, 1.165) is 11.3 Å². The smallest absolute Gasteiger partial charge is 0.319 e. The number of benzene rings is 2. The fourth-order valence-electron chi connectivity index (χ4n) is 2.94. The van der Waals surface area contributed by atoms with Gasteiger partial charge in [0.15, 0.2) is 11.5 Å². The summed E-state index contributed by atoms with van der Waals surface area (Å²) in [5.74, 6) is 2.26. The molecule has 0 saturated heterocycles. The van der Waals surface area contributed by atoms with Gasteiger partial charge < -0.3 is 24.8 Å². The molecule has 1 atom stereocenters. The van der Waals surface area contributed by atoms with Crippen LogP contribution >= 0.6 is 0 Å². The van der Waals surface area contributed by atoms with Crippen molar-refractivity contribution in [2.24, 2.45) is 5.92 Å². The summed E-state index contributed by atoms with van der Waals surface area (Å²) in [5.41, 5.74) is 1.59. The van der Waals surface area contributed by atoms with Crippen LogP contribution in [0.4, 0.5) is 10.5 Å². The van der Waals surface area contributed by atoms with Crippen molar-refractivity contribution in [3.8, 4) is 17.2 Å². The number of hydrogen-bond donors (Lipinski definition) is 2. The number of hydrogen-bond acceptors (Lipinski definition) is 4. The van der Waals surface area contributed by atoms with Crippen LogP contribution in [-0.2, 0) is 0 Å². The predicted octanol–water partition coefficient (Wildman–Crippen LogP) is 3.99. The van der Waals surface area contributed by atoms with Crippen LogP contribution in [0.1, 0.15) is 25.5 Å². The minimum absolute atomic E-state index is 0.166. The topological polar surface area (TPSA) is 68.8 Å². The van der Waals surface area contributed by atoms with Crippen molar-refractivity contribution in [1.29, 1.82) is 0 Å². The van der Waals surface area contributed by atoms with E-state index in [1.54, 1.807) is 19.2 Å². The maximum Gasteiger partial charge on any atom is 0.319 e. The second kappa shape index (κ2) is 7.99. The van der Waals surface area contributed by atoms with Crippen molar-refractivity contribution in [3.63, 3.8) is 0 Å². The highest BCUT2D eigenvalue weighted by Gasteiger charge is 2.22. The second-order valence-electron chi connectivity index (χ2n) is 6.42. The van der Waals surface area contributed by atoms with Gasteiger partial charge in [0.25, 0.3) is 0 Å². The number of amides is 2. The van der Waals surface area contributed by atoms with E-state index in [2.05, 4.69) is 24.5 Å². The van der Waals surface area contributed by atoms with Crippen LogP contribution < -0.4 is 24.8 Å². The average Bonchev–Trinajstić information content (AvgIpc) is 2.66. The van der Waals surface area contributed by atoms with Gasteiger partial charge in [0.05, 0.1) is 18.8 Å². The van der Waals surface area contributed by atoms with Crippen LogP contribution in [0.3, 0.4) is 0 Å². The number of fused-ring (bicyclic) bond motifs is 1. The third-order valence-corrected chi connectivity index (χ3v) is 4.23. The number of carbonyl (C=O) groups is 1. The summed E-state index contributed by atoms with van der Waals surface area (Å²) in [6, 6.07) is 12.6. The van der Waals surface area contributed by atoms with E-state index in [1.165, 1.54) is 0 Å². The normalized spacial score (nSPS) is 13.8. The average molecular weight is 356 g/mol. The number of methoxy groups -OCH3 is 1. The van der Waals surface area contributed by atoms with Crippen molar-refractivity contribution in [3.05, 3.63) is 48.0 Å². The minimum Gasteiger partial charge on any atom is -0.495 e. The summed E-state index contributed by atoms with van der Waals surface area (Å²) < 4.78 is 16.5. The molecule has 2 N–H and O–H groups in total. The molecule has 2 aromatic rings. The molecule has 2 aromatic carbocycles. The van der Waals surface area contributed by atoms with E-state index in [-0.39, 0.29) is 18.0 Å². The molecule has 0 radical (unpaired) electrons. The number of carbonyl (C=O) groups excluding carboxylic acids is 1. The first-order valence-corrected chi connectivity index (χ1v) is 8.68. The first-order valence-electron chi connectivity index (χ1n) is 8.68. The molecule has 6 nitrogen and oxygen atoms in total. The van der Waals surface area contributed by atoms with Gasteiger partial charge >= 0.3 is 6.03 Å². The summed E-state index contributed by atoms with van der Waals surface area (Å²) >= 11 is 0. The van der Waals surface area contributed by atoms with Crippen molar-refractivity contribution in [2.45, 2.75) is 19.9 Å². The molecule has 138 valence electrons. The molecule has 0 spiro atoms. The van der Waals surface area contributed by atoms with Gasteiger partial charge in [-0.3, -0.25) is 0 Å². The number of ether oxygens (including phenoxy) is 3. The Hall–Kier alpha value is -2.89. The minimum atomic E-state index is -0.289. The highest BCUT2D eigenvalue weighted by atomic mass is 16.6. The molecule has 1 heterocycles. The van der Waals surface area contributed by atoms with E-state index in [1.807, 2.05) is 30.3 Å². The van der Waals surface area contributed by atoms with Crippen molar-refractivity contribution in [1.82, 2.24) is 5.32 Å². The first-order chi connectivity index (χ1) is 12.6. The number of rotatable bonds is 5. The number of urea groups is 1. The molecule has 6 heteroatoms. The molecular weight excluding hydrogens is 332 g/mol. The largest absolute Gasteiger partial charge is 0.495 e. The molecule has 2 amide bonds. The Morgan fingerprint density at radius 3 is 2.54 bits per heavy atom. The zero-order valence-corrected chi connectivity index (χ0v) is 15.2. The van der Waals surface area contributed by atoms with Gasteiger partial charge in [-0.25, -0.2) is 4.79 Å². The van der Waals surface area contributed by atoms with Gasteiger partial charge in [0, 0.05) is 0 Å². The molecule has 1 aliphatic heterocycles. The second-order valence-corrected chi connectivity index (χ2v) is 6.42. The molecule has 1 unspecified atom stereocenters.